The van der Waals surface area contributed by atoms with Crippen LogP contribution >= 0.6 is 11.6 Å². The van der Waals surface area contributed by atoms with Crippen LogP contribution in [0.3, 0.4) is 0 Å². The fraction of sp³-hybridized carbons (Fsp3) is 0.133. The third kappa shape index (κ3) is 4.10. The monoisotopic (exact) mass is 307 g/mol. The Balaban J connectivity index is 2.03. The van der Waals surface area contributed by atoms with Crippen molar-refractivity contribution < 1.29 is 9.18 Å². The maximum absolute atomic E-state index is 13.2. The molecule has 0 unspecified atom stereocenters. The molecule has 2 aromatic rings. The highest BCUT2D eigenvalue weighted by Crippen LogP contribution is 2.24. The first-order valence-corrected chi connectivity index (χ1v) is 6.65. The van der Waals surface area contributed by atoms with Gasteiger partial charge in [0.15, 0.2) is 0 Å². The molecular formula is C15H15ClFN3O. The first-order valence-electron chi connectivity index (χ1n) is 6.27. The van der Waals surface area contributed by atoms with Crippen molar-refractivity contribution >= 4 is 34.6 Å². The minimum Gasteiger partial charge on any atom is -0.399 e. The topological polar surface area (TPSA) is 58.4 Å². The van der Waals surface area contributed by atoms with Gasteiger partial charge in [-0.3, -0.25) is 4.79 Å². The Kier molecular flexibility index (Phi) is 4.65. The molecule has 0 atom stereocenters. The molecule has 110 valence electrons. The molecule has 0 fully saturated rings. The highest BCUT2D eigenvalue weighted by molar-refractivity contribution is 6.33. The van der Waals surface area contributed by atoms with Crippen molar-refractivity contribution in [3.8, 4) is 0 Å². The Hall–Kier alpha value is -2.27. The zero-order valence-corrected chi connectivity index (χ0v) is 12.2. The van der Waals surface area contributed by atoms with Gasteiger partial charge in [0.25, 0.3) is 0 Å². The number of carbonyl (C=O) groups is 1. The van der Waals surface area contributed by atoms with E-state index in [1.807, 2.05) is 0 Å². The highest BCUT2D eigenvalue weighted by atomic mass is 35.5. The Morgan fingerprint density at radius 2 is 2.10 bits per heavy atom. The maximum Gasteiger partial charge on any atom is 0.243 e. The third-order valence-corrected chi connectivity index (χ3v) is 3.22. The van der Waals surface area contributed by atoms with Crippen LogP contribution in [0.15, 0.2) is 42.5 Å². The largest absolute Gasteiger partial charge is 0.399 e. The molecule has 0 aliphatic rings. The van der Waals surface area contributed by atoms with Gasteiger partial charge >= 0.3 is 0 Å². The third-order valence-electron chi connectivity index (χ3n) is 2.89. The van der Waals surface area contributed by atoms with E-state index in [1.54, 1.807) is 42.3 Å². The number of nitrogens with one attached hydrogen (secondary N) is 1. The number of hydrogen-bond acceptors (Lipinski definition) is 3. The molecule has 2 aromatic carbocycles. The molecule has 0 heterocycles. The number of rotatable bonds is 4. The van der Waals surface area contributed by atoms with Crippen LogP contribution in [-0.2, 0) is 4.79 Å². The molecular weight excluding hydrogens is 293 g/mol. The Labute approximate surface area is 127 Å². The van der Waals surface area contributed by atoms with Crippen LogP contribution < -0.4 is 16.0 Å². The molecule has 0 bridgehead atoms. The predicted octanol–water partition coefficient (Wildman–Crippen LogP) is 3.14. The molecule has 4 nitrogen and oxygen atoms in total. The van der Waals surface area contributed by atoms with Gasteiger partial charge in [-0.1, -0.05) is 17.7 Å². The standard InChI is InChI=1S/C15H15ClFN3O/c1-20(12-4-2-3-10(17)7-12)9-15(21)19-14-8-11(18)5-6-13(14)16/h2-8H,9,18H2,1H3,(H,19,21). The van der Waals surface area contributed by atoms with Gasteiger partial charge in [0.1, 0.15) is 5.82 Å². The number of anilines is 3. The summed E-state index contributed by atoms with van der Waals surface area (Å²) in [4.78, 5) is 13.6. The van der Waals surface area contributed by atoms with Gasteiger partial charge in [-0.05, 0) is 36.4 Å². The van der Waals surface area contributed by atoms with Crippen LogP contribution in [0.4, 0.5) is 21.5 Å². The number of nitrogens with zero attached hydrogens (tertiary/aromatic N) is 1. The van der Waals surface area contributed by atoms with Crippen LogP contribution in [0.1, 0.15) is 0 Å². The lowest BCUT2D eigenvalue weighted by molar-refractivity contribution is -0.114. The van der Waals surface area contributed by atoms with E-state index in [4.69, 9.17) is 17.3 Å². The molecule has 2 rings (SSSR count). The summed E-state index contributed by atoms with van der Waals surface area (Å²) in [6.45, 7) is 0.0641. The van der Waals surface area contributed by atoms with Crippen molar-refractivity contribution in [2.45, 2.75) is 0 Å². The normalized spacial score (nSPS) is 10.2. The van der Waals surface area contributed by atoms with Crippen LogP contribution in [0.2, 0.25) is 5.02 Å². The molecule has 0 aliphatic carbocycles. The van der Waals surface area contributed by atoms with E-state index in [0.29, 0.717) is 22.1 Å². The van der Waals surface area contributed by atoms with Crippen LogP contribution in [0.25, 0.3) is 0 Å². The molecule has 0 saturated heterocycles. The second-order valence-electron chi connectivity index (χ2n) is 4.62. The highest BCUT2D eigenvalue weighted by Gasteiger charge is 2.10. The Bertz CT molecular complexity index is 663. The van der Waals surface area contributed by atoms with Gasteiger partial charge in [0.2, 0.25) is 5.91 Å². The molecule has 6 heteroatoms. The zero-order valence-electron chi connectivity index (χ0n) is 11.4. The second kappa shape index (κ2) is 6.45. The van der Waals surface area contributed by atoms with E-state index >= 15 is 0 Å². The number of nitrogens with two attached hydrogens (primary N) is 1. The molecule has 0 aromatic heterocycles. The summed E-state index contributed by atoms with van der Waals surface area (Å²) < 4.78 is 13.2. The molecule has 0 spiro atoms. The Morgan fingerprint density at radius 1 is 1.33 bits per heavy atom. The number of hydrogen-bond donors (Lipinski definition) is 2. The maximum atomic E-state index is 13.2. The van der Waals surface area contributed by atoms with Gasteiger partial charge in [-0.25, -0.2) is 4.39 Å². The van der Waals surface area contributed by atoms with E-state index in [9.17, 15) is 9.18 Å². The van der Waals surface area contributed by atoms with E-state index < -0.39 is 0 Å². The number of halogens is 2. The SMILES string of the molecule is CN(CC(=O)Nc1cc(N)ccc1Cl)c1cccc(F)c1. The zero-order chi connectivity index (χ0) is 15.4. The molecule has 0 aliphatic heterocycles. The number of nitrogen functional groups attached to an aromatic ring is 1. The summed E-state index contributed by atoms with van der Waals surface area (Å²) in [6.07, 6.45) is 0. The lowest BCUT2D eigenvalue weighted by Crippen LogP contribution is -2.30. The Morgan fingerprint density at radius 3 is 2.81 bits per heavy atom. The first kappa shape index (κ1) is 15.1. The fourth-order valence-corrected chi connectivity index (χ4v) is 2.01. The predicted molar refractivity (Wildman–Crippen MR) is 84.2 cm³/mol. The number of carbonyl (C=O) groups excluding carboxylic acids is 1. The van der Waals surface area contributed by atoms with Crippen molar-refractivity contribution in [1.29, 1.82) is 0 Å². The lowest BCUT2D eigenvalue weighted by atomic mass is 10.2. The van der Waals surface area contributed by atoms with E-state index in [1.165, 1.54) is 12.1 Å². The molecule has 0 saturated carbocycles. The molecule has 3 N–H and O–H groups in total. The average molecular weight is 308 g/mol. The lowest BCUT2D eigenvalue weighted by Gasteiger charge is -2.19. The minimum atomic E-state index is -0.348. The summed E-state index contributed by atoms with van der Waals surface area (Å²) in [7, 11) is 1.70. The van der Waals surface area contributed by atoms with Crippen molar-refractivity contribution in [2.24, 2.45) is 0 Å². The van der Waals surface area contributed by atoms with E-state index in [-0.39, 0.29) is 18.3 Å². The number of amides is 1. The summed E-state index contributed by atoms with van der Waals surface area (Å²) >= 11 is 5.98. The van der Waals surface area contributed by atoms with Gasteiger partial charge in [0, 0.05) is 18.4 Å². The molecule has 21 heavy (non-hydrogen) atoms. The van der Waals surface area contributed by atoms with Gasteiger partial charge in [-0.2, -0.15) is 0 Å². The van der Waals surface area contributed by atoms with Crippen molar-refractivity contribution in [3.05, 3.63) is 53.3 Å². The summed E-state index contributed by atoms with van der Waals surface area (Å²) in [6, 6.07) is 10.9. The average Bonchev–Trinajstić information content (AvgIpc) is 2.42. The van der Waals surface area contributed by atoms with Crippen molar-refractivity contribution in [3.63, 3.8) is 0 Å². The van der Waals surface area contributed by atoms with Crippen LogP contribution in [-0.4, -0.2) is 19.5 Å². The van der Waals surface area contributed by atoms with Crippen molar-refractivity contribution in [1.82, 2.24) is 0 Å². The van der Waals surface area contributed by atoms with Crippen LogP contribution in [0.5, 0.6) is 0 Å². The molecule has 1 amide bonds. The fourth-order valence-electron chi connectivity index (χ4n) is 1.85. The molecule has 0 radical (unpaired) electrons. The van der Waals surface area contributed by atoms with Crippen LogP contribution in [0, 0.1) is 5.82 Å². The number of likely N-dealkylation sites (N-methyl/N-ethyl adjacent to an activating group) is 1. The van der Waals surface area contributed by atoms with Crippen molar-refractivity contribution in [2.75, 3.05) is 29.5 Å². The first-order chi connectivity index (χ1) is 9.95. The smallest absolute Gasteiger partial charge is 0.243 e. The van der Waals surface area contributed by atoms with Gasteiger partial charge in [-0.15, -0.1) is 0 Å². The summed E-state index contributed by atoms with van der Waals surface area (Å²) in [5.74, 6) is -0.618. The van der Waals surface area contributed by atoms with E-state index in [2.05, 4.69) is 5.32 Å². The number of benzene rings is 2. The van der Waals surface area contributed by atoms with Gasteiger partial charge in [0.05, 0.1) is 17.3 Å². The minimum absolute atomic E-state index is 0.0641. The van der Waals surface area contributed by atoms with E-state index in [0.717, 1.165) is 0 Å². The quantitative estimate of drug-likeness (QED) is 0.853. The van der Waals surface area contributed by atoms with Gasteiger partial charge < -0.3 is 16.0 Å². The summed E-state index contributed by atoms with van der Waals surface area (Å²) in [5, 5.41) is 3.09. The second-order valence-corrected chi connectivity index (χ2v) is 5.03. The summed E-state index contributed by atoms with van der Waals surface area (Å²) in [5.41, 5.74) is 7.23.